The van der Waals surface area contributed by atoms with Crippen LogP contribution < -0.4 is 10.1 Å². The van der Waals surface area contributed by atoms with Crippen LogP contribution in [0, 0.1) is 0 Å². The molecule has 0 bridgehead atoms. The second kappa shape index (κ2) is 7.98. The molecule has 0 radical (unpaired) electrons. The van der Waals surface area contributed by atoms with Crippen molar-refractivity contribution in [2.75, 3.05) is 13.2 Å². The Balaban J connectivity index is 2.11. The number of nitrogens with zero attached hydrogens (tertiary/aromatic N) is 1. The van der Waals surface area contributed by atoms with Crippen LogP contribution >= 0.6 is 0 Å². The van der Waals surface area contributed by atoms with E-state index >= 15 is 0 Å². The Hall–Kier alpha value is -2.61. The van der Waals surface area contributed by atoms with E-state index in [1.165, 1.54) is 36.5 Å². The van der Waals surface area contributed by atoms with Gasteiger partial charge < -0.3 is 15.2 Å². The molecule has 0 aliphatic heterocycles. The summed E-state index contributed by atoms with van der Waals surface area (Å²) in [7, 11) is 0. The summed E-state index contributed by atoms with van der Waals surface area (Å²) in [5, 5.41) is 12.5. The number of nitrogens with one attached hydrogen (secondary N) is 1. The van der Waals surface area contributed by atoms with Gasteiger partial charge in [-0.15, -0.1) is 0 Å². The monoisotopic (exact) mass is 354 g/mol. The molecule has 1 atom stereocenters. The van der Waals surface area contributed by atoms with Gasteiger partial charge in [-0.3, -0.25) is 4.79 Å². The van der Waals surface area contributed by atoms with Gasteiger partial charge in [-0.1, -0.05) is 18.2 Å². The van der Waals surface area contributed by atoms with Crippen molar-refractivity contribution in [3.8, 4) is 5.88 Å². The molecule has 2 rings (SSSR count). The van der Waals surface area contributed by atoms with Crippen LogP contribution in [0.3, 0.4) is 0 Å². The van der Waals surface area contributed by atoms with Gasteiger partial charge in [-0.2, -0.15) is 13.2 Å². The zero-order valence-corrected chi connectivity index (χ0v) is 13.4. The molecule has 1 amide bonds. The molecule has 25 heavy (non-hydrogen) atoms. The Kier molecular flexibility index (Phi) is 5.97. The van der Waals surface area contributed by atoms with Gasteiger partial charge in [0.25, 0.3) is 5.91 Å². The number of aliphatic hydroxyl groups is 1. The van der Waals surface area contributed by atoms with Gasteiger partial charge in [0.05, 0.1) is 18.3 Å². The lowest BCUT2D eigenvalue weighted by molar-refractivity contribution is -0.139. The zero-order chi connectivity index (χ0) is 18.4. The van der Waals surface area contributed by atoms with Crippen LogP contribution in [0.25, 0.3) is 0 Å². The Bertz CT molecular complexity index is 735. The van der Waals surface area contributed by atoms with Crippen LogP contribution in [0.2, 0.25) is 0 Å². The van der Waals surface area contributed by atoms with Gasteiger partial charge >= 0.3 is 6.18 Å². The van der Waals surface area contributed by atoms with Crippen molar-refractivity contribution in [1.82, 2.24) is 10.3 Å². The number of pyridine rings is 1. The highest BCUT2D eigenvalue weighted by Crippen LogP contribution is 2.34. The number of rotatable bonds is 6. The molecule has 0 saturated heterocycles. The standard InChI is InChI=1S/C17H17F3N2O3/c1-2-25-16-12(7-5-9-21-16)15(24)22-10-14(23)11-6-3-4-8-13(11)17(18,19)20/h3-9,14,23H,2,10H2,1H3,(H,22,24). The van der Waals surface area contributed by atoms with E-state index in [1.54, 1.807) is 6.92 Å². The van der Waals surface area contributed by atoms with Crippen molar-refractivity contribution in [2.45, 2.75) is 19.2 Å². The molecule has 2 aromatic rings. The Morgan fingerprint density at radius 2 is 2.00 bits per heavy atom. The molecule has 5 nitrogen and oxygen atoms in total. The van der Waals surface area contributed by atoms with Crippen molar-refractivity contribution in [1.29, 1.82) is 0 Å². The number of aromatic nitrogens is 1. The van der Waals surface area contributed by atoms with Crippen molar-refractivity contribution in [3.05, 3.63) is 59.3 Å². The van der Waals surface area contributed by atoms with E-state index in [0.717, 1.165) is 6.07 Å². The molecule has 134 valence electrons. The predicted octanol–water partition coefficient (Wildman–Crippen LogP) is 2.96. The maximum atomic E-state index is 13.0. The van der Waals surface area contributed by atoms with Gasteiger partial charge in [0.15, 0.2) is 0 Å². The van der Waals surface area contributed by atoms with Gasteiger partial charge in [0.2, 0.25) is 5.88 Å². The van der Waals surface area contributed by atoms with Crippen molar-refractivity contribution in [3.63, 3.8) is 0 Å². The van der Waals surface area contributed by atoms with Gasteiger partial charge in [-0.05, 0) is 30.7 Å². The molecule has 1 heterocycles. The topological polar surface area (TPSA) is 71.5 Å². The van der Waals surface area contributed by atoms with Crippen molar-refractivity contribution in [2.24, 2.45) is 0 Å². The number of aliphatic hydroxyl groups excluding tert-OH is 1. The normalized spacial score (nSPS) is 12.5. The van der Waals surface area contributed by atoms with Crippen LogP contribution in [0.15, 0.2) is 42.6 Å². The second-order valence-corrected chi connectivity index (χ2v) is 5.10. The highest BCUT2D eigenvalue weighted by molar-refractivity contribution is 5.96. The smallest absolute Gasteiger partial charge is 0.416 e. The Labute approximate surface area is 142 Å². The number of hydrogen-bond acceptors (Lipinski definition) is 4. The number of carbonyl (C=O) groups excluding carboxylic acids is 1. The Morgan fingerprint density at radius 1 is 1.28 bits per heavy atom. The van der Waals surface area contributed by atoms with Crippen molar-refractivity contribution < 1.29 is 27.8 Å². The fraction of sp³-hybridized carbons (Fsp3) is 0.294. The van der Waals surface area contributed by atoms with Crippen LogP contribution in [0.5, 0.6) is 5.88 Å². The first kappa shape index (κ1) is 18.7. The van der Waals surface area contributed by atoms with E-state index in [1.807, 2.05) is 0 Å². The lowest BCUT2D eigenvalue weighted by Crippen LogP contribution is -2.29. The molecular formula is C17H17F3N2O3. The van der Waals surface area contributed by atoms with E-state index in [9.17, 15) is 23.1 Å². The van der Waals surface area contributed by atoms with Gasteiger partial charge in [0, 0.05) is 12.7 Å². The van der Waals surface area contributed by atoms with E-state index in [-0.39, 0.29) is 23.6 Å². The number of ether oxygens (including phenoxy) is 1. The summed E-state index contributed by atoms with van der Waals surface area (Å²) in [6.07, 6.45) is -4.64. The predicted molar refractivity (Wildman–Crippen MR) is 84.1 cm³/mol. The number of carbonyl (C=O) groups is 1. The first-order chi connectivity index (χ1) is 11.8. The maximum absolute atomic E-state index is 13.0. The van der Waals surface area contributed by atoms with Gasteiger partial charge in [0.1, 0.15) is 5.56 Å². The summed E-state index contributed by atoms with van der Waals surface area (Å²) in [6, 6.07) is 7.70. The molecule has 1 aromatic heterocycles. The van der Waals surface area contributed by atoms with Crippen LogP contribution in [-0.2, 0) is 6.18 Å². The fourth-order valence-electron chi connectivity index (χ4n) is 2.26. The minimum absolute atomic E-state index is 0.118. The summed E-state index contributed by atoms with van der Waals surface area (Å²) in [4.78, 5) is 16.1. The molecule has 0 saturated carbocycles. The third kappa shape index (κ3) is 4.69. The van der Waals surface area contributed by atoms with E-state index < -0.39 is 23.8 Å². The molecule has 0 aliphatic rings. The molecular weight excluding hydrogens is 337 g/mol. The summed E-state index contributed by atoms with van der Waals surface area (Å²) in [6.45, 7) is 1.65. The fourth-order valence-corrected chi connectivity index (χ4v) is 2.26. The summed E-state index contributed by atoms with van der Waals surface area (Å²) >= 11 is 0. The summed E-state index contributed by atoms with van der Waals surface area (Å²) < 4.78 is 44.2. The van der Waals surface area contributed by atoms with E-state index in [4.69, 9.17) is 4.74 Å². The van der Waals surface area contributed by atoms with Crippen LogP contribution in [0.4, 0.5) is 13.2 Å². The molecule has 0 fully saturated rings. The van der Waals surface area contributed by atoms with Crippen LogP contribution in [-0.4, -0.2) is 29.1 Å². The molecule has 1 aromatic carbocycles. The average Bonchev–Trinajstić information content (AvgIpc) is 2.59. The molecule has 0 spiro atoms. The SMILES string of the molecule is CCOc1ncccc1C(=O)NCC(O)c1ccccc1C(F)(F)F. The minimum Gasteiger partial charge on any atom is -0.477 e. The highest BCUT2D eigenvalue weighted by atomic mass is 19.4. The Morgan fingerprint density at radius 3 is 2.68 bits per heavy atom. The van der Waals surface area contributed by atoms with E-state index in [2.05, 4.69) is 10.3 Å². The van der Waals surface area contributed by atoms with Gasteiger partial charge in [-0.25, -0.2) is 4.98 Å². The first-order valence-corrected chi connectivity index (χ1v) is 7.54. The third-order valence-corrected chi connectivity index (χ3v) is 3.38. The largest absolute Gasteiger partial charge is 0.477 e. The zero-order valence-electron chi connectivity index (χ0n) is 13.4. The first-order valence-electron chi connectivity index (χ1n) is 7.54. The quantitative estimate of drug-likeness (QED) is 0.837. The lowest BCUT2D eigenvalue weighted by atomic mass is 10.0. The number of hydrogen-bond donors (Lipinski definition) is 2. The maximum Gasteiger partial charge on any atom is 0.416 e. The molecule has 8 heteroatoms. The average molecular weight is 354 g/mol. The lowest BCUT2D eigenvalue weighted by Gasteiger charge is -2.18. The number of benzene rings is 1. The number of halogens is 3. The van der Waals surface area contributed by atoms with Crippen LogP contribution in [0.1, 0.15) is 34.5 Å². The number of alkyl halides is 3. The summed E-state index contributed by atoms with van der Waals surface area (Å²) in [5.74, 6) is -0.479. The molecule has 1 unspecified atom stereocenters. The highest BCUT2D eigenvalue weighted by Gasteiger charge is 2.34. The second-order valence-electron chi connectivity index (χ2n) is 5.10. The minimum atomic E-state index is -4.59. The molecule has 0 aliphatic carbocycles. The number of amides is 1. The van der Waals surface area contributed by atoms with Crippen molar-refractivity contribution >= 4 is 5.91 Å². The third-order valence-electron chi connectivity index (χ3n) is 3.38. The molecule has 2 N–H and O–H groups in total. The summed E-state index contributed by atoms with van der Waals surface area (Å²) in [5.41, 5.74) is -1.10. The van der Waals surface area contributed by atoms with E-state index in [0.29, 0.717) is 6.61 Å².